The molecule has 0 spiro atoms. The summed E-state index contributed by atoms with van der Waals surface area (Å²) in [6.45, 7) is 5.70. The van der Waals surface area contributed by atoms with E-state index in [2.05, 4.69) is 17.1 Å². The maximum Gasteiger partial charge on any atom is 0.225 e. The van der Waals surface area contributed by atoms with Gasteiger partial charge in [0.15, 0.2) is 0 Å². The van der Waals surface area contributed by atoms with Crippen molar-refractivity contribution in [2.24, 2.45) is 0 Å². The highest BCUT2D eigenvalue weighted by Gasteiger charge is 2.14. The molecule has 4 nitrogen and oxygen atoms in total. The van der Waals surface area contributed by atoms with Gasteiger partial charge in [0.25, 0.3) is 0 Å². The van der Waals surface area contributed by atoms with Crippen molar-refractivity contribution in [3.8, 4) is 0 Å². The van der Waals surface area contributed by atoms with Gasteiger partial charge >= 0.3 is 0 Å². The number of hydrogen-bond acceptors (Lipinski definition) is 3. The number of amides is 1. The number of nitrogens with zero attached hydrogens (tertiary/aromatic N) is 2. The molecule has 1 heterocycles. The molecule has 4 heteroatoms. The second kappa shape index (κ2) is 9.83. The van der Waals surface area contributed by atoms with E-state index < -0.39 is 0 Å². The lowest BCUT2D eigenvalue weighted by atomic mass is 10.1. The quantitative estimate of drug-likeness (QED) is 0.708. The highest BCUT2D eigenvalue weighted by molar-refractivity contribution is 5.76. The first kappa shape index (κ1) is 18.1. The third-order valence-corrected chi connectivity index (χ3v) is 3.73. The molecule has 0 N–H and O–H groups in total. The average Bonchev–Trinajstić information content (AvgIpc) is 2.60. The molecule has 24 heavy (non-hydrogen) atoms. The summed E-state index contributed by atoms with van der Waals surface area (Å²) in [5.41, 5.74) is 2.28. The summed E-state index contributed by atoms with van der Waals surface area (Å²) >= 11 is 0. The number of pyridine rings is 1. The summed E-state index contributed by atoms with van der Waals surface area (Å²) in [6.07, 6.45) is 4.96. The molecule has 0 aliphatic heterocycles. The molecule has 0 fully saturated rings. The summed E-state index contributed by atoms with van der Waals surface area (Å²) in [4.78, 5) is 18.6. The summed E-state index contributed by atoms with van der Waals surface area (Å²) < 4.78 is 5.52. The minimum atomic E-state index is 0.121. The number of carbonyl (C=O) groups excluding carboxylic acids is 1. The van der Waals surface area contributed by atoms with Crippen LogP contribution in [0.4, 0.5) is 0 Å². The number of aromatic nitrogens is 1. The van der Waals surface area contributed by atoms with Gasteiger partial charge in [-0.1, -0.05) is 36.4 Å². The fourth-order valence-corrected chi connectivity index (χ4v) is 2.45. The average molecular weight is 326 g/mol. The molecule has 0 radical (unpaired) electrons. The van der Waals surface area contributed by atoms with E-state index in [1.165, 1.54) is 5.56 Å². The Morgan fingerprint density at radius 3 is 2.54 bits per heavy atom. The van der Waals surface area contributed by atoms with Crippen LogP contribution in [-0.4, -0.2) is 35.0 Å². The second-order valence-corrected chi connectivity index (χ2v) is 6.08. The lowest BCUT2D eigenvalue weighted by Crippen LogP contribution is -2.33. The van der Waals surface area contributed by atoms with Crippen LogP contribution in [-0.2, 0) is 22.5 Å². The normalized spacial score (nSPS) is 10.8. The number of ether oxygens (including phenoxy) is 1. The van der Waals surface area contributed by atoms with Crippen molar-refractivity contribution in [2.45, 2.75) is 39.3 Å². The standard InChI is InChI=1S/C20H26N2O2/c1-17(2)24-14-11-20(23)22(16-19-9-6-12-21-15-19)13-10-18-7-4-3-5-8-18/h3-9,12,15,17H,10-11,13-14,16H2,1-2H3. The molecule has 2 aromatic rings. The van der Waals surface area contributed by atoms with Crippen LogP contribution in [0.25, 0.3) is 0 Å². The van der Waals surface area contributed by atoms with Crippen LogP contribution in [0.1, 0.15) is 31.4 Å². The minimum absolute atomic E-state index is 0.121. The van der Waals surface area contributed by atoms with E-state index in [1.54, 1.807) is 6.20 Å². The molecule has 0 aliphatic rings. The Morgan fingerprint density at radius 2 is 1.88 bits per heavy atom. The first-order chi connectivity index (χ1) is 11.6. The van der Waals surface area contributed by atoms with Crippen molar-refractivity contribution in [1.29, 1.82) is 0 Å². The van der Waals surface area contributed by atoms with Crippen LogP contribution in [0.5, 0.6) is 0 Å². The van der Waals surface area contributed by atoms with E-state index in [1.807, 2.05) is 55.3 Å². The van der Waals surface area contributed by atoms with Crippen molar-refractivity contribution < 1.29 is 9.53 Å². The Kier molecular flexibility index (Phi) is 7.43. The van der Waals surface area contributed by atoms with Crippen LogP contribution >= 0.6 is 0 Å². The van der Waals surface area contributed by atoms with Crippen molar-refractivity contribution in [1.82, 2.24) is 9.88 Å². The van der Waals surface area contributed by atoms with Crippen LogP contribution in [0.15, 0.2) is 54.9 Å². The molecular formula is C20H26N2O2. The lowest BCUT2D eigenvalue weighted by molar-refractivity contribution is -0.133. The van der Waals surface area contributed by atoms with Gasteiger partial charge in [0.05, 0.1) is 19.1 Å². The zero-order valence-electron chi connectivity index (χ0n) is 14.5. The van der Waals surface area contributed by atoms with Crippen LogP contribution < -0.4 is 0 Å². The zero-order valence-corrected chi connectivity index (χ0v) is 14.5. The summed E-state index contributed by atoms with van der Waals surface area (Å²) in [5.74, 6) is 0.121. The van der Waals surface area contributed by atoms with Gasteiger partial charge in [-0.25, -0.2) is 0 Å². The highest BCUT2D eigenvalue weighted by atomic mass is 16.5. The molecule has 0 atom stereocenters. The molecule has 0 bridgehead atoms. The van der Waals surface area contributed by atoms with Crippen molar-refractivity contribution in [2.75, 3.05) is 13.2 Å². The van der Waals surface area contributed by atoms with Crippen LogP contribution in [0.3, 0.4) is 0 Å². The fourth-order valence-electron chi connectivity index (χ4n) is 2.45. The predicted molar refractivity (Wildman–Crippen MR) is 95.5 cm³/mol. The van der Waals surface area contributed by atoms with Gasteiger partial charge in [-0.3, -0.25) is 9.78 Å². The third kappa shape index (κ3) is 6.50. The first-order valence-corrected chi connectivity index (χ1v) is 8.47. The Hall–Kier alpha value is -2.20. The van der Waals surface area contributed by atoms with Gasteiger partial charge in [0.2, 0.25) is 5.91 Å². The summed E-state index contributed by atoms with van der Waals surface area (Å²) in [7, 11) is 0. The molecule has 1 amide bonds. The number of hydrogen-bond donors (Lipinski definition) is 0. The van der Waals surface area contributed by atoms with E-state index in [0.29, 0.717) is 26.1 Å². The van der Waals surface area contributed by atoms with Gasteiger partial charge in [-0.2, -0.15) is 0 Å². The molecule has 0 unspecified atom stereocenters. The molecule has 1 aromatic heterocycles. The van der Waals surface area contributed by atoms with E-state index in [9.17, 15) is 4.79 Å². The summed E-state index contributed by atoms with van der Waals surface area (Å²) in [6, 6.07) is 14.1. The smallest absolute Gasteiger partial charge is 0.225 e. The molecule has 2 rings (SSSR count). The first-order valence-electron chi connectivity index (χ1n) is 8.47. The monoisotopic (exact) mass is 326 g/mol. The highest BCUT2D eigenvalue weighted by Crippen LogP contribution is 2.08. The largest absolute Gasteiger partial charge is 0.378 e. The number of carbonyl (C=O) groups is 1. The Morgan fingerprint density at radius 1 is 1.12 bits per heavy atom. The summed E-state index contributed by atoms with van der Waals surface area (Å²) in [5, 5.41) is 0. The minimum Gasteiger partial charge on any atom is -0.378 e. The number of benzene rings is 1. The van der Waals surface area contributed by atoms with Gasteiger partial charge in [-0.05, 0) is 37.5 Å². The van der Waals surface area contributed by atoms with Crippen LogP contribution in [0, 0.1) is 0 Å². The Balaban J connectivity index is 1.96. The van der Waals surface area contributed by atoms with Gasteiger partial charge in [0, 0.05) is 25.5 Å². The van der Waals surface area contributed by atoms with E-state index in [-0.39, 0.29) is 12.0 Å². The molecule has 0 aliphatic carbocycles. The van der Waals surface area contributed by atoms with Gasteiger partial charge < -0.3 is 9.64 Å². The zero-order chi connectivity index (χ0) is 17.2. The second-order valence-electron chi connectivity index (χ2n) is 6.08. The maximum absolute atomic E-state index is 12.6. The van der Waals surface area contributed by atoms with E-state index in [4.69, 9.17) is 4.74 Å². The maximum atomic E-state index is 12.6. The van der Waals surface area contributed by atoms with E-state index >= 15 is 0 Å². The van der Waals surface area contributed by atoms with Crippen molar-refractivity contribution in [3.05, 3.63) is 66.0 Å². The topological polar surface area (TPSA) is 42.4 Å². The SMILES string of the molecule is CC(C)OCCC(=O)N(CCc1ccccc1)Cc1cccnc1. The predicted octanol–water partition coefficient (Wildman–Crippen LogP) is 3.47. The fraction of sp³-hybridized carbons (Fsp3) is 0.400. The van der Waals surface area contributed by atoms with Crippen molar-refractivity contribution >= 4 is 5.91 Å². The molecule has 0 saturated heterocycles. The molecular weight excluding hydrogens is 300 g/mol. The van der Waals surface area contributed by atoms with Gasteiger partial charge in [0.1, 0.15) is 0 Å². The van der Waals surface area contributed by atoms with E-state index in [0.717, 1.165) is 12.0 Å². The molecule has 0 saturated carbocycles. The molecule has 1 aromatic carbocycles. The van der Waals surface area contributed by atoms with Crippen LogP contribution in [0.2, 0.25) is 0 Å². The number of rotatable bonds is 9. The lowest BCUT2D eigenvalue weighted by Gasteiger charge is -2.23. The van der Waals surface area contributed by atoms with Crippen molar-refractivity contribution in [3.63, 3.8) is 0 Å². The molecule has 128 valence electrons. The third-order valence-electron chi connectivity index (χ3n) is 3.73. The Bertz CT molecular complexity index is 600. The Labute approximate surface area is 144 Å². The van der Waals surface area contributed by atoms with Gasteiger partial charge in [-0.15, -0.1) is 0 Å².